The van der Waals surface area contributed by atoms with E-state index in [0.717, 1.165) is 25.3 Å². The monoisotopic (exact) mass is 199 g/mol. The molecule has 0 bridgehead atoms. The summed E-state index contributed by atoms with van der Waals surface area (Å²) in [4.78, 5) is 0. The molecule has 1 aromatic heterocycles. The van der Waals surface area contributed by atoms with Crippen molar-refractivity contribution in [2.75, 3.05) is 20.3 Å². The maximum Gasteiger partial charge on any atom is 0.108 e. The highest BCUT2D eigenvalue weighted by molar-refractivity contribution is 4.89. The number of ether oxygens (including phenoxy) is 2. The van der Waals surface area contributed by atoms with Crippen LogP contribution in [0, 0.1) is 0 Å². The number of hydrogen-bond acceptors (Lipinski definition) is 4. The zero-order chi connectivity index (χ0) is 10.2. The van der Waals surface area contributed by atoms with E-state index < -0.39 is 0 Å². The fourth-order valence-electron chi connectivity index (χ4n) is 1.02. The molecule has 0 aromatic carbocycles. The van der Waals surface area contributed by atoms with Gasteiger partial charge in [0.25, 0.3) is 0 Å². The van der Waals surface area contributed by atoms with Crippen LogP contribution in [0.4, 0.5) is 0 Å². The lowest BCUT2D eigenvalue weighted by Crippen LogP contribution is -2.04. The van der Waals surface area contributed by atoms with Gasteiger partial charge in [0, 0.05) is 13.7 Å². The molecule has 0 saturated heterocycles. The van der Waals surface area contributed by atoms with Gasteiger partial charge in [-0.05, 0) is 6.42 Å². The molecule has 0 aliphatic rings. The standard InChI is InChI=1S/C9H17N3O2/c1-3-5-14-8-9-7-12(11-10-9)4-6-13-2/h7H,3-6,8H2,1-2H3. The molecule has 0 aliphatic carbocycles. The highest BCUT2D eigenvalue weighted by Gasteiger charge is 1.99. The Labute approximate surface area is 84.0 Å². The van der Waals surface area contributed by atoms with Gasteiger partial charge in [0.2, 0.25) is 0 Å². The lowest BCUT2D eigenvalue weighted by atomic mass is 10.5. The summed E-state index contributed by atoms with van der Waals surface area (Å²) in [6.07, 6.45) is 2.91. The van der Waals surface area contributed by atoms with Crippen LogP contribution in [0.3, 0.4) is 0 Å². The van der Waals surface area contributed by atoms with Gasteiger partial charge in [-0.25, -0.2) is 4.68 Å². The minimum Gasteiger partial charge on any atom is -0.383 e. The molecule has 80 valence electrons. The van der Waals surface area contributed by atoms with Gasteiger partial charge in [-0.3, -0.25) is 0 Å². The summed E-state index contributed by atoms with van der Waals surface area (Å²) in [5.74, 6) is 0. The van der Waals surface area contributed by atoms with Crippen LogP contribution in [0.2, 0.25) is 0 Å². The largest absolute Gasteiger partial charge is 0.383 e. The van der Waals surface area contributed by atoms with E-state index in [4.69, 9.17) is 9.47 Å². The van der Waals surface area contributed by atoms with Crippen LogP contribution in [0.25, 0.3) is 0 Å². The van der Waals surface area contributed by atoms with Crippen molar-refractivity contribution in [3.8, 4) is 0 Å². The molecule has 0 amide bonds. The first-order valence-corrected chi connectivity index (χ1v) is 4.82. The average molecular weight is 199 g/mol. The minimum atomic E-state index is 0.542. The molecule has 5 heteroatoms. The lowest BCUT2D eigenvalue weighted by molar-refractivity contribution is 0.119. The minimum absolute atomic E-state index is 0.542. The van der Waals surface area contributed by atoms with Crippen molar-refractivity contribution < 1.29 is 9.47 Å². The molecular weight excluding hydrogens is 182 g/mol. The van der Waals surface area contributed by atoms with Gasteiger partial charge >= 0.3 is 0 Å². The van der Waals surface area contributed by atoms with Gasteiger partial charge in [0.05, 0.1) is 26.0 Å². The van der Waals surface area contributed by atoms with Gasteiger partial charge in [0.1, 0.15) is 5.69 Å². The molecule has 1 rings (SSSR count). The SMILES string of the molecule is CCCOCc1cn(CCOC)nn1. The van der Waals surface area contributed by atoms with Gasteiger partial charge in [-0.15, -0.1) is 5.10 Å². The van der Waals surface area contributed by atoms with E-state index >= 15 is 0 Å². The second-order valence-electron chi connectivity index (χ2n) is 3.02. The topological polar surface area (TPSA) is 49.2 Å². The zero-order valence-electron chi connectivity index (χ0n) is 8.77. The maximum atomic E-state index is 5.34. The Bertz CT molecular complexity index is 250. The summed E-state index contributed by atoms with van der Waals surface area (Å²) in [6, 6.07) is 0. The van der Waals surface area contributed by atoms with Crippen molar-refractivity contribution in [2.45, 2.75) is 26.5 Å². The highest BCUT2D eigenvalue weighted by atomic mass is 16.5. The predicted octanol–water partition coefficient (Wildman–Crippen LogP) is 0.851. The Morgan fingerprint density at radius 2 is 2.29 bits per heavy atom. The quantitative estimate of drug-likeness (QED) is 0.611. The molecule has 0 unspecified atom stereocenters. The van der Waals surface area contributed by atoms with E-state index in [0.29, 0.717) is 13.2 Å². The van der Waals surface area contributed by atoms with Crippen molar-refractivity contribution >= 4 is 0 Å². The molecule has 0 spiro atoms. The van der Waals surface area contributed by atoms with Crippen molar-refractivity contribution in [3.05, 3.63) is 11.9 Å². The third-order valence-corrected chi connectivity index (χ3v) is 1.71. The van der Waals surface area contributed by atoms with E-state index in [9.17, 15) is 0 Å². The Morgan fingerprint density at radius 1 is 1.43 bits per heavy atom. The second-order valence-corrected chi connectivity index (χ2v) is 3.02. The highest BCUT2D eigenvalue weighted by Crippen LogP contribution is 1.96. The molecule has 5 nitrogen and oxygen atoms in total. The van der Waals surface area contributed by atoms with Gasteiger partial charge < -0.3 is 9.47 Å². The smallest absolute Gasteiger partial charge is 0.108 e. The molecule has 1 aromatic rings. The fraction of sp³-hybridized carbons (Fsp3) is 0.778. The Balaban J connectivity index is 2.27. The van der Waals surface area contributed by atoms with Crippen LogP contribution >= 0.6 is 0 Å². The number of hydrogen-bond donors (Lipinski definition) is 0. The Kier molecular flexibility index (Phi) is 5.17. The second kappa shape index (κ2) is 6.50. The lowest BCUT2D eigenvalue weighted by Gasteiger charge is -1.98. The van der Waals surface area contributed by atoms with E-state index in [1.165, 1.54) is 0 Å². The van der Waals surface area contributed by atoms with Crippen molar-refractivity contribution in [1.29, 1.82) is 0 Å². The zero-order valence-corrected chi connectivity index (χ0v) is 8.77. The number of aromatic nitrogens is 3. The molecule has 0 N–H and O–H groups in total. The normalized spacial score (nSPS) is 10.7. The summed E-state index contributed by atoms with van der Waals surface area (Å²) in [6.45, 7) is 4.77. The first-order chi connectivity index (χ1) is 6.86. The Morgan fingerprint density at radius 3 is 3.00 bits per heavy atom. The third-order valence-electron chi connectivity index (χ3n) is 1.71. The van der Waals surface area contributed by atoms with Gasteiger partial charge in [0.15, 0.2) is 0 Å². The summed E-state index contributed by atoms with van der Waals surface area (Å²) in [7, 11) is 1.67. The number of rotatable bonds is 7. The van der Waals surface area contributed by atoms with Crippen LogP contribution in [0.1, 0.15) is 19.0 Å². The summed E-state index contributed by atoms with van der Waals surface area (Å²) in [5, 5.41) is 7.91. The molecule has 1 heterocycles. The molecule has 0 saturated carbocycles. The summed E-state index contributed by atoms with van der Waals surface area (Å²) >= 11 is 0. The van der Waals surface area contributed by atoms with Crippen LogP contribution in [0.5, 0.6) is 0 Å². The van der Waals surface area contributed by atoms with Crippen molar-refractivity contribution in [1.82, 2.24) is 15.0 Å². The van der Waals surface area contributed by atoms with Gasteiger partial charge in [-0.2, -0.15) is 0 Å². The molecule has 0 atom stereocenters. The first kappa shape index (κ1) is 11.1. The number of nitrogens with zero attached hydrogens (tertiary/aromatic N) is 3. The average Bonchev–Trinajstić information content (AvgIpc) is 2.63. The molecular formula is C9H17N3O2. The van der Waals surface area contributed by atoms with Crippen molar-refractivity contribution in [3.63, 3.8) is 0 Å². The van der Waals surface area contributed by atoms with Crippen molar-refractivity contribution in [2.24, 2.45) is 0 Å². The molecule has 0 radical (unpaired) electrons. The van der Waals surface area contributed by atoms with E-state index in [1.807, 2.05) is 6.20 Å². The van der Waals surface area contributed by atoms with E-state index in [2.05, 4.69) is 17.2 Å². The Hall–Kier alpha value is -0.940. The molecule has 14 heavy (non-hydrogen) atoms. The van der Waals surface area contributed by atoms with E-state index in [1.54, 1.807) is 11.8 Å². The molecule has 0 fully saturated rings. The summed E-state index contributed by atoms with van der Waals surface area (Å²) in [5.41, 5.74) is 0.870. The fourth-order valence-corrected chi connectivity index (χ4v) is 1.02. The van der Waals surface area contributed by atoms with Crippen LogP contribution in [0.15, 0.2) is 6.20 Å². The first-order valence-electron chi connectivity index (χ1n) is 4.82. The molecule has 0 aliphatic heterocycles. The summed E-state index contributed by atoms with van der Waals surface area (Å²) < 4.78 is 12.0. The predicted molar refractivity (Wildman–Crippen MR) is 51.8 cm³/mol. The van der Waals surface area contributed by atoms with Crippen LogP contribution in [-0.2, 0) is 22.6 Å². The maximum absolute atomic E-state index is 5.34. The van der Waals surface area contributed by atoms with Gasteiger partial charge in [-0.1, -0.05) is 12.1 Å². The van der Waals surface area contributed by atoms with Crippen LogP contribution < -0.4 is 0 Å². The van der Waals surface area contributed by atoms with Crippen LogP contribution in [-0.4, -0.2) is 35.3 Å². The number of methoxy groups -OCH3 is 1. The third kappa shape index (κ3) is 3.85. The van der Waals surface area contributed by atoms with E-state index in [-0.39, 0.29) is 0 Å².